The maximum atomic E-state index is 13.4. The van der Waals surface area contributed by atoms with E-state index in [1.54, 1.807) is 0 Å². The van der Waals surface area contributed by atoms with E-state index in [0.717, 1.165) is 0 Å². The van der Waals surface area contributed by atoms with E-state index < -0.39 is 11.3 Å². The minimum absolute atomic E-state index is 0.120. The monoisotopic (exact) mass is 248 g/mol. The fourth-order valence-corrected chi connectivity index (χ4v) is 2.04. The van der Waals surface area contributed by atoms with Gasteiger partial charge in [-0.1, -0.05) is 11.6 Å². The second-order valence-corrected chi connectivity index (χ2v) is 4.25. The van der Waals surface area contributed by atoms with E-state index in [1.165, 1.54) is 19.2 Å². The van der Waals surface area contributed by atoms with Crippen LogP contribution in [0, 0.1) is 0 Å². The SMILES string of the molecule is COc1nc(Cl)ccc1C1(CN)CC1(F)F. The molecule has 3 nitrogen and oxygen atoms in total. The normalized spacial score (nSPS) is 26.6. The molecule has 1 aromatic heterocycles. The third-order valence-corrected chi connectivity index (χ3v) is 3.19. The van der Waals surface area contributed by atoms with Crippen molar-refractivity contribution in [2.24, 2.45) is 5.73 Å². The van der Waals surface area contributed by atoms with E-state index in [9.17, 15) is 8.78 Å². The molecule has 2 N–H and O–H groups in total. The van der Waals surface area contributed by atoms with Gasteiger partial charge in [0.05, 0.1) is 12.5 Å². The molecular formula is C10H11ClF2N2O. The fourth-order valence-electron chi connectivity index (χ4n) is 1.90. The Balaban J connectivity index is 2.48. The lowest BCUT2D eigenvalue weighted by Crippen LogP contribution is -2.27. The van der Waals surface area contributed by atoms with E-state index in [4.69, 9.17) is 22.1 Å². The number of nitrogens with zero attached hydrogens (tertiary/aromatic N) is 1. The van der Waals surface area contributed by atoms with Crippen molar-refractivity contribution in [3.05, 3.63) is 22.8 Å². The second-order valence-electron chi connectivity index (χ2n) is 3.86. The van der Waals surface area contributed by atoms with Crippen LogP contribution in [0.15, 0.2) is 12.1 Å². The van der Waals surface area contributed by atoms with Gasteiger partial charge in [-0.15, -0.1) is 0 Å². The van der Waals surface area contributed by atoms with Crippen molar-refractivity contribution in [3.63, 3.8) is 0 Å². The van der Waals surface area contributed by atoms with Crippen LogP contribution in [0.25, 0.3) is 0 Å². The van der Waals surface area contributed by atoms with Gasteiger partial charge in [0.15, 0.2) is 0 Å². The van der Waals surface area contributed by atoms with Crippen LogP contribution < -0.4 is 10.5 Å². The number of hydrogen-bond acceptors (Lipinski definition) is 3. The largest absolute Gasteiger partial charge is 0.481 e. The maximum Gasteiger partial charge on any atom is 0.260 e. The first-order chi connectivity index (χ1) is 7.47. The molecule has 1 atom stereocenters. The molecule has 0 amide bonds. The van der Waals surface area contributed by atoms with E-state index in [-0.39, 0.29) is 24.0 Å². The van der Waals surface area contributed by atoms with E-state index in [1.807, 2.05) is 0 Å². The highest BCUT2D eigenvalue weighted by Gasteiger charge is 2.72. The molecule has 2 rings (SSSR count). The number of aromatic nitrogens is 1. The minimum atomic E-state index is -2.79. The number of methoxy groups -OCH3 is 1. The Kier molecular flexibility index (Phi) is 2.55. The van der Waals surface area contributed by atoms with Gasteiger partial charge in [0, 0.05) is 18.5 Å². The highest BCUT2D eigenvalue weighted by molar-refractivity contribution is 6.29. The predicted molar refractivity (Wildman–Crippen MR) is 56.1 cm³/mol. The summed E-state index contributed by atoms with van der Waals surface area (Å²) in [5, 5.41) is 0.205. The Labute approximate surface area is 96.6 Å². The van der Waals surface area contributed by atoms with Crippen LogP contribution >= 0.6 is 11.6 Å². The molecule has 0 aliphatic heterocycles. The van der Waals surface area contributed by atoms with Crippen LogP contribution in [0.3, 0.4) is 0 Å². The molecule has 1 aliphatic carbocycles. The lowest BCUT2D eigenvalue weighted by molar-refractivity contribution is 0.0887. The van der Waals surface area contributed by atoms with Gasteiger partial charge in [-0.3, -0.25) is 0 Å². The summed E-state index contributed by atoms with van der Waals surface area (Å²) >= 11 is 5.67. The summed E-state index contributed by atoms with van der Waals surface area (Å²) in [5.41, 5.74) is 4.43. The summed E-state index contributed by atoms with van der Waals surface area (Å²) in [7, 11) is 1.37. The zero-order valence-corrected chi connectivity index (χ0v) is 9.39. The second kappa shape index (κ2) is 3.53. The van der Waals surface area contributed by atoms with Crippen molar-refractivity contribution in [1.82, 2.24) is 4.98 Å². The van der Waals surface area contributed by atoms with Gasteiger partial charge in [-0.2, -0.15) is 0 Å². The van der Waals surface area contributed by atoms with E-state index in [2.05, 4.69) is 4.98 Å². The number of pyridine rings is 1. The van der Waals surface area contributed by atoms with Gasteiger partial charge < -0.3 is 10.5 Å². The average molecular weight is 249 g/mol. The summed E-state index contributed by atoms with van der Waals surface area (Å²) in [4.78, 5) is 3.87. The number of halogens is 3. The fraction of sp³-hybridized carbons (Fsp3) is 0.500. The molecule has 6 heteroatoms. The number of ether oxygens (including phenoxy) is 1. The Morgan fingerprint density at radius 1 is 1.56 bits per heavy atom. The molecule has 0 spiro atoms. The van der Waals surface area contributed by atoms with Crippen LogP contribution in [-0.4, -0.2) is 24.6 Å². The number of rotatable bonds is 3. The standard InChI is InChI=1S/C10H11ClF2N2O/c1-16-8-6(2-3-7(11)15-8)9(5-14)4-10(9,12)13/h2-3H,4-5,14H2,1H3. The minimum Gasteiger partial charge on any atom is -0.481 e. The van der Waals surface area contributed by atoms with Crippen molar-refractivity contribution >= 4 is 11.6 Å². The number of hydrogen-bond donors (Lipinski definition) is 1. The zero-order valence-electron chi connectivity index (χ0n) is 8.64. The van der Waals surface area contributed by atoms with Gasteiger partial charge in [0.25, 0.3) is 5.92 Å². The van der Waals surface area contributed by atoms with Crippen molar-refractivity contribution in [3.8, 4) is 5.88 Å². The van der Waals surface area contributed by atoms with Gasteiger partial charge >= 0.3 is 0 Å². The Hall–Kier alpha value is -0.940. The first kappa shape index (κ1) is 11.5. The van der Waals surface area contributed by atoms with Crippen molar-refractivity contribution < 1.29 is 13.5 Å². The summed E-state index contributed by atoms with van der Waals surface area (Å²) in [6.07, 6.45) is -0.268. The molecule has 1 aliphatic rings. The lowest BCUT2D eigenvalue weighted by atomic mass is 9.96. The van der Waals surface area contributed by atoms with Crippen LogP contribution in [-0.2, 0) is 5.41 Å². The molecule has 1 heterocycles. The summed E-state index contributed by atoms with van der Waals surface area (Å²) < 4.78 is 31.7. The highest BCUT2D eigenvalue weighted by atomic mass is 35.5. The summed E-state index contributed by atoms with van der Waals surface area (Å²) in [6, 6.07) is 2.97. The molecule has 0 bridgehead atoms. The van der Waals surface area contributed by atoms with Crippen molar-refractivity contribution in [2.45, 2.75) is 17.8 Å². The van der Waals surface area contributed by atoms with Gasteiger partial charge in [0.1, 0.15) is 5.15 Å². The van der Waals surface area contributed by atoms with Gasteiger partial charge in [-0.25, -0.2) is 13.8 Å². The van der Waals surface area contributed by atoms with E-state index >= 15 is 0 Å². The smallest absolute Gasteiger partial charge is 0.260 e. The molecule has 1 fully saturated rings. The molecule has 0 aromatic carbocycles. The first-order valence-corrected chi connectivity index (χ1v) is 5.13. The molecule has 16 heavy (non-hydrogen) atoms. The van der Waals surface area contributed by atoms with Crippen LogP contribution in [0.2, 0.25) is 5.15 Å². The lowest BCUT2D eigenvalue weighted by Gasteiger charge is -2.16. The molecule has 0 radical (unpaired) electrons. The molecular weight excluding hydrogens is 238 g/mol. The van der Waals surface area contributed by atoms with Gasteiger partial charge in [-0.05, 0) is 12.1 Å². The average Bonchev–Trinajstić information content (AvgIpc) is 2.82. The summed E-state index contributed by atoms with van der Waals surface area (Å²) in [6.45, 7) is -0.139. The Bertz CT molecular complexity index is 427. The predicted octanol–water partition coefficient (Wildman–Crippen LogP) is 1.98. The number of alkyl halides is 2. The highest BCUT2D eigenvalue weighted by Crippen LogP contribution is 2.62. The first-order valence-electron chi connectivity index (χ1n) is 4.76. The zero-order chi connectivity index (χ0) is 12.0. The third kappa shape index (κ3) is 1.46. The van der Waals surface area contributed by atoms with Crippen LogP contribution in [0.1, 0.15) is 12.0 Å². The molecule has 88 valence electrons. The summed E-state index contributed by atoms with van der Waals surface area (Å²) in [5.74, 6) is -2.67. The topological polar surface area (TPSA) is 48.1 Å². The molecule has 1 saturated carbocycles. The van der Waals surface area contributed by atoms with Crippen molar-refractivity contribution in [1.29, 1.82) is 0 Å². The molecule has 1 aromatic rings. The van der Waals surface area contributed by atoms with Gasteiger partial charge in [0.2, 0.25) is 5.88 Å². The van der Waals surface area contributed by atoms with E-state index in [0.29, 0.717) is 5.56 Å². The third-order valence-electron chi connectivity index (χ3n) is 2.98. The number of nitrogens with two attached hydrogens (primary N) is 1. The van der Waals surface area contributed by atoms with Crippen LogP contribution in [0.5, 0.6) is 5.88 Å². The molecule has 1 unspecified atom stereocenters. The Morgan fingerprint density at radius 3 is 2.62 bits per heavy atom. The van der Waals surface area contributed by atoms with Crippen LogP contribution in [0.4, 0.5) is 8.78 Å². The van der Waals surface area contributed by atoms with Crippen molar-refractivity contribution in [2.75, 3.05) is 13.7 Å². The molecule has 0 saturated heterocycles. The maximum absolute atomic E-state index is 13.4. The quantitative estimate of drug-likeness (QED) is 0.832. The Morgan fingerprint density at radius 2 is 2.19 bits per heavy atom.